The highest BCUT2D eigenvalue weighted by molar-refractivity contribution is 5.67. The van der Waals surface area contributed by atoms with E-state index in [1.54, 1.807) is 0 Å². The molecule has 2 aromatic carbocycles. The summed E-state index contributed by atoms with van der Waals surface area (Å²) >= 11 is 0. The minimum Gasteiger partial charge on any atom is -0.206 e. The smallest absolute Gasteiger partial charge is 0.134 e. The SMILES string of the molecule is [N-]=[N+]=Nc1cc(F)c(-c2ccccc2F)c(F)c1. The van der Waals surface area contributed by atoms with E-state index in [1.807, 2.05) is 0 Å². The lowest BCUT2D eigenvalue weighted by molar-refractivity contribution is 0.582. The van der Waals surface area contributed by atoms with E-state index in [9.17, 15) is 13.2 Å². The monoisotopic (exact) mass is 249 g/mol. The van der Waals surface area contributed by atoms with Gasteiger partial charge in [0, 0.05) is 16.2 Å². The van der Waals surface area contributed by atoms with Gasteiger partial charge in [0.05, 0.1) is 5.56 Å². The number of halogens is 3. The van der Waals surface area contributed by atoms with Crippen LogP contribution in [-0.2, 0) is 0 Å². The standard InChI is InChI=1S/C12H6F3N3/c13-9-4-2-1-3-8(9)12-10(14)5-7(17-18-16)6-11(12)15/h1-6H. The van der Waals surface area contributed by atoms with Gasteiger partial charge in [0.2, 0.25) is 0 Å². The van der Waals surface area contributed by atoms with Crippen LogP contribution in [0, 0.1) is 17.5 Å². The van der Waals surface area contributed by atoms with Crippen molar-refractivity contribution in [2.45, 2.75) is 0 Å². The Morgan fingerprint density at radius 3 is 2.11 bits per heavy atom. The van der Waals surface area contributed by atoms with E-state index in [-0.39, 0.29) is 11.3 Å². The van der Waals surface area contributed by atoms with E-state index in [1.165, 1.54) is 18.2 Å². The third-order valence-electron chi connectivity index (χ3n) is 2.33. The summed E-state index contributed by atoms with van der Waals surface area (Å²) in [7, 11) is 0. The Hall–Kier alpha value is -2.46. The van der Waals surface area contributed by atoms with Crippen LogP contribution in [0.15, 0.2) is 41.5 Å². The van der Waals surface area contributed by atoms with Crippen molar-refractivity contribution in [1.82, 2.24) is 0 Å². The van der Waals surface area contributed by atoms with E-state index >= 15 is 0 Å². The number of nitrogens with zero attached hydrogens (tertiary/aromatic N) is 3. The molecule has 3 nitrogen and oxygen atoms in total. The Morgan fingerprint density at radius 2 is 1.56 bits per heavy atom. The molecule has 0 bridgehead atoms. The number of hydrogen-bond acceptors (Lipinski definition) is 1. The average Bonchev–Trinajstić information content (AvgIpc) is 2.31. The van der Waals surface area contributed by atoms with Crippen molar-refractivity contribution in [2.75, 3.05) is 0 Å². The molecule has 0 fully saturated rings. The summed E-state index contributed by atoms with van der Waals surface area (Å²) in [6, 6.07) is 6.97. The van der Waals surface area contributed by atoms with Crippen molar-refractivity contribution in [3.63, 3.8) is 0 Å². The molecule has 0 aliphatic carbocycles. The fourth-order valence-corrected chi connectivity index (χ4v) is 1.59. The summed E-state index contributed by atoms with van der Waals surface area (Å²) in [5.74, 6) is -2.70. The zero-order chi connectivity index (χ0) is 13.1. The zero-order valence-corrected chi connectivity index (χ0v) is 8.94. The molecule has 0 heterocycles. The Labute approximate surface area is 100 Å². The van der Waals surface area contributed by atoms with Gasteiger partial charge < -0.3 is 0 Å². The topological polar surface area (TPSA) is 48.8 Å². The minimum atomic E-state index is -0.984. The normalized spacial score (nSPS) is 9.94. The van der Waals surface area contributed by atoms with Gasteiger partial charge in [-0.3, -0.25) is 0 Å². The molecule has 0 spiro atoms. The second-order valence-corrected chi connectivity index (χ2v) is 3.45. The number of hydrogen-bond donors (Lipinski definition) is 0. The minimum absolute atomic E-state index is 0.181. The van der Waals surface area contributed by atoms with Crippen molar-refractivity contribution in [3.8, 4) is 11.1 Å². The molecule has 0 saturated heterocycles. The first-order valence-corrected chi connectivity index (χ1v) is 4.92. The lowest BCUT2D eigenvalue weighted by Crippen LogP contribution is -1.92. The molecule has 2 rings (SSSR count). The van der Waals surface area contributed by atoms with Crippen LogP contribution in [0.1, 0.15) is 0 Å². The van der Waals surface area contributed by atoms with Crippen LogP contribution in [0.2, 0.25) is 0 Å². The highest BCUT2D eigenvalue weighted by Gasteiger charge is 2.15. The Morgan fingerprint density at radius 1 is 0.944 bits per heavy atom. The predicted octanol–water partition coefficient (Wildman–Crippen LogP) is 4.71. The van der Waals surface area contributed by atoms with Crippen molar-refractivity contribution < 1.29 is 13.2 Å². The summed E-state index contributed by atoms with van der Waals surface area (Å²) < 4.78 is 40.9. The molecule has 18 heavy (non-hydrogen) atoms. The van der Waals surface area contributed by atoms with Gasteiger partial charge in [-0.1, -0.05) is 23.3 Å². The van der Waals surface area contributed by atoms with Crippen LogP contribution in [0.5, 0.6) is 0 Å². The fourth-order valence-electron chi connectivity index (χ4n) is 1.59. The Balaban J connectivity index is 2.66. The van der Waals surface area contributed by atoms with E-state index in [2.05, 4.69) is 10.0 Å². The lowest BCUT2D eigenvalue weighted by atomic mass is 10.0. The van der Waals surface area contributed by atoms with Gasteiger partial charge in [0.1, 0.15) is 17.5 Å². The second kappa shape index (κ2) is 4.81. The molecule has 0 saturated carbocycles. The number of benzene rings is 2. The van der Waals surface area contributed by atoms with E-state index in [0.29, 0.717) is 0 Å². The van der Waals surface area contributed by atoms with E-state index < -0.39 is 23.0 Å². The highest BCUT2D eigenvalue weighted by Crippen LogP contribution is 2.31. The zero-order valence-electron chi connectivity index (χ0n) is 8.94. The molecule has 6 heteroatoms. The first-order chi connectivity index (χ1) is 8.63. The summed E-state index contributed by atoms with van der Waals surface area (Å²) in [6.07, 6.45) is 0. The van der Waals surface area contributed by atoms with Crippen molar-refractivity contribution in [3.05, 3.63) is 64.3 Å². The lowest BCUT2D eigenvalue weighted by Gasteiger charge is -2.07. The van der Waals surface area contributed by atoms with Crippen molar-refractivity contribution in [1.29, 1.82) is 0 Å². The largest absolute Gasteiger partial charge is 0.206 e. The molecule has 0 atom stereocenters. The third kappa shape index (κ3) is 2.14. The van der Waals surface area contributed by atoms with Gasteiger partial charge in [0.25, 0.3) is 0 Å². The number of azide groups is 1. The maximum atomic E-state index is 13.7. The molecular formula is C12H6F3N3. The molecular weight excluding hydrogens is 243 g/mol. The first kappa shape index (κ1) is 12.0. The maximum Gasteiger partial charge on any atom is 0.134 e. The predicted molar refractivity (Wildman–Crippen MR) is 60.6 cm³/mol. The Bertz CT molecular complexity index is 626. The van der Waals surface area contributed by atoms with Gasteiger partial charge >= 0.3 is 0 Å². The molecule has 0 unspecified atom stereocenters. The van der Waals surface area contributed by atoms with Crippen LogP contribution in [-0.4, -0.2) is 0 Å². The van der Waals surface area contributed by atoms with Crippen LogP contribution in [0.3, 0.4) is 0 Å². The Kier molecular flexibility index (Phi) is 3.21. The molecule has 0 N–H and O–H groups in total. The molecule has 0 aliphatic rings. The van der Waals surface area contributed by atoms with Crippen LogP contribution in [0.25, 0.3) is 21.6 Å². The van der Waals surface area contributed by atoms with Gasteiger partial charge in [-0.2, -0.15) is 0 Å². The van der Waals surface area contributed by atoms with Crippen molar-refractivity contribution in [2.24, 2.45) is 5.11 Å². The van der Waals surface area contributed by atoms with Gasteiger partial charge in [-0.25, -0.2) is 13.2 Å². The van der Waals surface area contributed by atoms with Crippen LogP contribution in [0.4, 0.5) is 18.9 Å². The van der Waals surface area contributed by atoms with Crippen molar-refractivity contribution >= 4 is 5.69 Å². The molecule has 0 radical (unpaired) electrons. The summed E-state index contributed by atoms with van der Waals surface area (Å²) in [6.45, 7) is 0. The summed E-state index contributed by atoms with van der Waals surface area (Å²) in [4.78, 5) is 2.43. The molecule has 2 aromatic rings. The summed E-state index contributed by atoms with van der Waals surface area (Å²) in [5, 5.41) is 3.09. The van der Waals surface area contributed by atoms with Crippen LogP contribution < -0.4 is 0 Å². The third-order valence-corrected chi connectivity index (χ3v) is 2.33. The molecule has 0 aliphatic heterocycles. The van der Waals surface area contributed by atoms with Gasteiger partial charge in [0.15, 0.2) is 0 Å². The molecule has 0 amide bonds. The highest BCUT2D eigenvalue weighted by atomic mass is 19.1. The van der Waals surface area contributed by atoms with Gasteiger partial charge in [-0.05, 0) is 23.7 Å². The number of rotatable bonds is 2. The van der Waals surface area contributed by atoms with Crippen LogP contribution >= 0.6 is 0 Å². The average molecular weight is 249 g/mol. The summed E-state index contributed by atoms with van der Waals surface area (Å²) in [5.41, 5.74) is 7.32. The van der Waals surface area contributed by atoms with Gasteiger partial charge in [-0.15, -0.1) is 0 Å². The van der Waals surface area contributed by atoms with E-state index in [4.69, 9.17) is 5.53 Å². The fraction of sp³-hybridized carbons (Fsp3) is 0. The molecule has 0 aromatic heterocycles. The van der Waals surface area contributed by atoms with E-state index in [0.717, 1.165) is 18.2 Å². The molecule has 90 valence electrons. The first-order valence-electron chi connectivity index (χ1n) is 4.92. The maximum absolute atomic E-state index is 13.7. The second-order valence-electron chi connectivity index (χ2n) is 3.45. The quantitative estimate of drug-likeness (QED) is 0.420.